The zero-order valence-corrected chi connectivity index (χ0v) is 13.3. The van der Waals surface area contributed by atoms with Crippen LogP contribution in [-0.2, 0) is 10.0 Å². The van der Waals surface area contributed by atoms with Crippen LogP contribution in [0.5, 0.6) is 0 Å². The van der Waals surface area contributed by atoms with Crippen molar-refractivity contribution in [1.29, 1.82) is 0 Å². The number of sulfonamides is 1. The number of carboxylic acids is 1. The first-order valence-electron chi connectivity index (χ1n) is 6.59. The van der Waals surface area contributed by atoms with Gasteiger partial charge < -0.3 is 9.67 Å². The molecule has 114 valence electrons. The quantitative estimate of drug-likeness (QED) is 0.873. The normalized spacial score (nSPS) is 12.6. The first kappa shape index (κ1) is 16.7. The SMILES string of the molecule is CCN(C(C)C)S(=O)(=O)c1cc(C(=O)O)n(C(C)C)c1. The van der Waals surface area contributed by atoms with Crippen molar-refractivity contribution in [2.24, 2.45) is 0 Å². The summed E-state index contributed by atoms with van der Waals surface area (Å²) in [6, 6.07) is 0.919. The van der Waals surface area contributed by atoms with Crippen molar-refractivity contribution in [3.05, 3.63) is 18.0 Å². The predicted octanol–water partition coefficient (Wildman–Crippen LogP) is 2.19. The van der Waals surface area contributed by atoms with Crippen molar-refractivity contribution in [2.75, 3.05) is 6.54 Å². The second-order valence-electron chi connectivity index (χ2n) is 5.17. The predicted molar refractivity (Wildman–Crippen MR) is 76.5 cm³/mol. The molecule has 0 spiro atoms. The highest BCUT2D eigenvalue weighted by Gasteiger charge is 2.29. The molecule has 0 unspecified atom stereocenters. The van der Waals surface area contributed by atoms with Gasteiger partial charge in [-0.2, -0.15) is 4.31 Å². The van der Waals surface area contributed by atoms with E-state index in [4.69, 9.17) is 5.11 Å². The summed E-state index contributed by atoms with van der Waals surface area (Å²) >= 11 is 0. The summed E-state index contributed by atoms with van der Waals surface area (Å²) in [6.45, 7) is 9.30. The standard InChI is InChI=1S/C13H22N2O4S/c1-6-15(10(4)5)20(18,19)11-7-12(13(16)17)14(8-11)9(2)3/h7-10H,6H2,1-5H3,(H,16,17). The minimum Gasteiger partial charge on any atom is -0.477 e. The van der Waals surface area contributed by atoms with Crippen LogP contribution < -0.4 is 0 Å². The molecule has 0 atom stereocenters. The molecule has 0 fully saturated rings. The fraction of sp³-hybridized carbons (Fsp3) is 0.615. The van der Waals surface area contributed by atoms with Crippen molar-refractivity contribution < 1.29 is 18.3 Å². The maximum atomic E-state index is 12.5. The Morgan fingerprint density at radius 1 is 1.35 bits per heavy atom. The van der Waals surface area contributed by atoms with E-state index in [1.807, 2.05) is 13.8 Å². The van der Waals surface area contributed by atoms with E-state index in [-0.39, 0.29) is 22.7 Å². The highest BCUT2D eigenvalue weighted by molar-refractivity contribution is 7.89. The van der Waals surface area contributed by atoms with Crippen molar-refractivity contribution in [3.8, 4) is 0 Å². The number of hydrogen-bond donors (Lipinski definition) is 1. The number of aromatic carboxylic acids is 1. The average Bonchev–Trinajstić information content (AvgIpc) is 2.74. The van der Waals surface area contributed by atoms with E-state index < -0.39 is 16.0 Å². The van der Waals surface area contributed by atoms with Crippen molar-refractivity contribution >= 4 is 16.0 Å². The molecule has 0 radical (unpaired) electrons. The third kappa shape index (κ3) is 3.04. The Morgan fingerprint density at radius 2 is 1.90 bits per heavy atom. The topological polar surface area (TPSA) is 79.6 Å². The van der Waals surface area contributed by atoms with Gasteiger partial charge in [0.15, 0.2) is 0 Å². The number of carbonyl (C=O) groups is 1. The van der Waals surface area contributed by atoms with E-state index in [0.717, 1.165) is 0 Å². The van der Waals surface area contributed by atoms with Crippen LogP contribution in [0.4, 0.5) is 0 Å². The summed E-state index contributed by atoms with van der Waals surface area (Å²) in [5.74, 6) is -1.13. The number of nitrogens with zero attached hydrogens (tertiary/aromatic N) is 2. The monoisotopic (exact) mass is 302 g/mol. The number of rotatable bonds is 6. The van der Waals surface area contributed by atoms with Crippen LogP contribution in [0.25, 0.3) is 0 Å². The molecule has 0 saturated heterocycles. The summed E-state index contributed by atoms with van der Waals surface area (Å²) in [4.78, 5) is 11.2. The molecule has 1 aromatic rings. The molecular weight excluding hydrogens is 280 g/mol. The van der Waals surface area contributed by atoms with Gasteiger partial charge in [0.05, 0.1) is 0 Å². The summed E-state index contributed by atoms with van der Waals surface area (Å²) in [7, 11) is -3.67. The van der Waals surface area contributed by atoms with Crippen LogP contribution in [0.2, 0.25) is 0 Å². The zero-order chi connectivity index (χ0) is 15.7. The van der Waals surface area contributed by atoms with Gasteiger partial charge in [0.25, 0.3) is 0 Å². The second-order valence-corrected chi connectivity index (χ2v) is 7.06. The van der Waals surface area contributed by atoms with Crippen molar-refractivity contribution in [1.82, 2.24) is 8.87 Å². The molecular formula is C13H22N2O4S. The molecule has 20 heavy (non-hydrogen) atoms. The van der Waals surface area contributed by atoms with Crippen LogP contribution in [0.15, 0.2) is 17.2 Å². The molecule has 7 heteroatoms. The molecule has 0 bridgehead atoms. The first-order valence-corrected chi connectivity index (χ1v) is 8.03. The van der Waals surface area contributed by atoms with Crippen molar-refractivity contribution in [2.45, 2.75) is 51.6 Å². The molecule has 1 heterocycles. The average molecular weight is 302 g/mol. The van der Waals surface area contributed by atoms with Gasteiger partial charge >= 0.3 is 5.97 Å². The Morgan fingerprint density at radius 3 is 2.20 bits per heavy atom. The minimum absolute atomic E-state index is 0.0154. The molecule has 0 aromatic carbocycles. The Bertz CT molecular complexity index is 588. The van der Waals surface area contributed by atoms with Gasteiger partial charge in [-0.1, -0.05) is 6.92 Å². The van der Waals surface area contributed by atoms with E-state index in [0.29, 0.717) is 6.54 Å². The number of aromatic nitrogens is 1. The van der Waals surface area contributed by atoms with Gasteiger partial charge in [0, 0.05) is 24.8 Å². The lowest BCUT2D eigenvalue weighted by molar-refractivity contribution is 0.0683. The lowest BCUT2D eigenvalue weighted by atomic mass is 10.3. The van der Waals surface area contributed by atoms with Gasteiger partial charge in [-0.15, -0.1) is 0 Å². The molecule has 0 saturated carbocycles. The molecule has 1 aromatic heterocycles. The van der Waals surface area contributed by atoms with Crippen LogP contribution >= 0.6 is 0 Å². The fourth-order valence-electron chi connectivity index (χ4n) is 2.14. The number of hydrogen-bond acceptors (Lipinski definition) is 3. The van der Waals surface area contributed by atoms with Gasteiger partial charge in [0.2, 0.25) is 10.0 Å². The third-order valence-corrected chi connectivity index (χ3v) is 5.21. The maximum Gasteiger partial charge on any atom is 0.352 e. The zero-order valence-electron chi connectivity index (χ0n) is 12.5. The molecule has 0 aliphatic carbocycles. The Hall–Kier alpha value is -1.34. The summed E-state index contributed by atoms with van der Waals surface area (Å²) < 4.78 is 27.9. The lowest BCUT2D eigenvalue weighted by Crippen LogP contribution is -2.36. The van der Waals surface area contributed by atoms with Crippen LogP contribution in [0, 0.1) is 0 Å². The molecule has 0 amide bonds. The van der Waals surface area contributed by atoms with Gasteiger partial charge in [-0.25, -0.2) is 13.2 Å². The Labute approximate surface area is 120 Å². The van der Waals surface area contributed by atoms with Crippen LogP contribution in [-0.4, -0.2) is 41.0 Å². The van der Waals surface area contributed by atoms with E-state index in [1.165, 1.54) is 21.1 Å². The Balaban J connectivity index is 3.40. The summed E-state index contributed by atoms with van der Waals surface area (Å²) in [5.41, 5.74) is -0.0154. The molecule has 0 aliphatic heterocycles. The lowest BCUT2D eigenvalue weighted by Gasteiger charge is -2.23. The van der Waals surface area contributed by atoms with E-state index in [1.54, 1.807) is 20.8 Å². The molecule has 1 rings (SSSR count). The highest BCUT2D eigenvalue weighted by atomic mass is 32.2. The third-order valence-electron chi connectivity index (χ3n) is 3.09. The smallest absolute Gasteiger partial charge is 0.352 e. The van der Waals surface area contributed by atoms with Gasteiger partial charge in [0.1, 0.15) is 10.6 Å². The van der Waals surface area contributed by atoms with E-state index in [9.17, 15) is 13.2 Å². The molecule has 6 nitrogen and oxygen atoms in total. The van der Waals surface area contributed by atoms with Crippen LogP contribution in [0.3, 0.4) is 0 Å². The van der Waals surface area contributed by atoms with Gasteiger partial charge in [-0.3, -0.25) is 0 Å². The van der Waals surface area contributed by atoms with Crippen molar-refractivity contribution in [3.63, 3.8) is 0 Å². The highest BCUT2D eigenvalue weighted by Crippen LogP contribution is 2.23. The Kier molecular flexibility index (Phi) is 4.99. The van der Waals surface area contributed by atoms with Crippen LogP contribution in [0.1, 0.15) is 51.1 Å². The second kappa shape index (κ2) is 5.97. The van der Waals surface area contributed by atoms with Gasteiger partial charge in [-0.05, 0) is 33.8 Å². The van der Waals surface area contributed by atoms with E-state index >= 15 is 0 Å². The summed E-state index contributed by atoms with van der Waals surface area (Å²) in [5, 5.41) is 9.17. The molecule has 1 N–H and O–H groups in total. The fourth-order valence-corrected chi connectivity index (χ4v) is 3.81. The summed E-state index contributed by atoms with van der Waals surface area (Å²) in [6.07, 6.45) is 1.40. The maximum absolute atomic E-state index is 12.5. The molecule has 0 aliphatic rings. The largest absolute Gasteiger partial charge is 0.477 e. The number of carboxylic acid groups (broad SMARTS) is 1. The minimum atomic E-state index is -3.67. The van der Waals surface area contributed by atoms with E-state index in [2.05, 4.69) is 0 Å². The first-order chi connectivity index (χ1) is 9.12.